The van der Waals surface area contributed by atoms with Crippen molar-refractivity contribution in [3.05, 3.63) is 53.3 Å². The molecule has 3 aliphatic rings. The lowest BCUT2D eigenvalue weighted by Crippen LogP contribution is -2.47. The Kier molecular flexibility index (Phi) is 8.57. The van der Waals surface area contributed by atoms with Crippen LogP contribution in [0.2, 0.25) is 0 Å². The van der Waals surface area contributed by atoms with Gasteiger partial charge in [-0.1, -0.05) is 12.1 Å². The minimum Gasteiger partial charge on any atom is -0.340 e. The summed E-state index contributed by atoms with van der Waals surface area (Å²) < 4.78 is 71.3. The number of halogens is 5. The van der Waals surface area contributed by atoms with Crippen molar-refractivity contribution in [2.75, 3.05) is 38.1 Å². The molecule has 41 heavy (non-hydrogen) atoms. The molecule has 0 aromatic heterocycles. The molecule has 2 atom stereocenters. The van der Waals surface area contributed by atoms with E-state index in [9.17, 15) is 22.8 Å². The number of thiocarbonyl (C=S) groups is 1. The number of alkyl halides is 3. The predicted molar refractivity (Wildman–Crippen MR) is 145 cm³/mol. The average molecular weight is 596 g/mol. The number of piperazine rings is 1. The third-order valence-electron chi connectivity index (χ3n) is 7.74. The summed E-state index contributed by atoms with van der Waals surface area (Å²) in [6.07, 6.45) is -2.23. The molecule has 1 aromatic carbocycles. The number of rotatable bonds is 6. The second-order valence-electron chi connectivity index (χ2n) is 10.9. The molecule has 2 fully saturated rings. The Morgan fingerprint density at radius 3 is 2.41 bits per heavy atom. The van der Waals surface area contributed by atoms with Crippen LogP contribution >= 0.6 is 12.2 Å². The van der Waals surface area contributed by atoms with Crippen LogP contribution in [0, 0.1) is 29.0 Å². The van der Waals surface area contributed by atoms with Crippen molar-refractivity contribution in [3.63, 3.8) is 0 Å². The van der Waals surface area contributed by atoms with Crippen molar-refractivity contribution in [2.45, 2.75) is 44.8 Å². The molecule has 1 aromatic rings. The van der Waals surface area contributed by atoms with Crippen LogP contribution in [0.25, 0.3) is 0 Å². The molecule has 220 valence electrons. The Labute approximate surface area is 240 Å². The number of carbonyl (C=O) groups is 2. The fourth-order valence-corrected chi connectivity index (χ4v) is 5.83. The fraction of sp³-hybridized carbons (Fsp3) is 0.500. The first-order valence-electron chi connectivity index (χ1n) is 13.2. The van der Waals surface area contributed by atoms with Crippen molar-refractivity contribution >= 4 is 34.8 Å². The number of amides is 2. The molecule has 0 saturated carbocycles. The van der Waals surface area contributed by atoms with Crippen LogP contribution in [0.5, 0.6) is 0 Å². The number of nitriles is 1. The maximum absolute atomic E-state index is 15.2. The molecule has 0 radical (unpaired) electrons. The van der Waals surface area contributed by atoms with E-state index in [0.717, 1.165) is 31.3 Å². The number of hydrogen-bond donors (Lipinski definition) is 0. The molecule has 0 N–H and O–H groups in total. The number of carbonyl (C=O) groups excluding carboxylic acids is 2. The topological polar surface area (TPSA) is 70.9 Å². The summed E-state index contributed by atoms with van der Waals surface area (Å²) in [5.74, 6) is -7.62. The van der Waals surface area contributed by atoms with Crippen LogP contribution in [-0.2, 0) is 16.0 Å². The Hall–Kier alpha value is -3.37. The molecular formula is C28H30F5N5O2S. The highest BCUT2D eigenvalue weighted by Gasteiger charge is 2.55. The quantitative estimate of drug-likeness (QED) is 0.351. The van der Waals surface area contributed by atoms with Crippen LogP contribution < -0.4 is 4.90 Å². The Morgan fingerprint density at radius 1 is 1.17 bits per heavy atom. The first-order chi connectivity index (χ1) is 19.2. The predicted octanol–water partition coefficient (Wildman–Crippen LogP) is 4.70. The van der Waals surface area contributed by atoms with Gasteiger partial charge >= 0.3 is 6.18 Å². The van der Waals surface area contributed by atoms with Crippen LogP contribution in [0.15, 0.2) is 41.9 Å². The fourth-order valence-electron chi connectivity index (χ4n) is 5.31. The Bertz CT molecular complexity index is 1340. The summed E-state index contributed by atoms with van der Waals surface area (Å²) in [6.45, 7) is 5.82. The third-order valence-corrected chi connectivity index (χ3v) is 8.10. The van der Waals surface area contributed by atoms with Crippen molar-refractivity contribution in [2.24, 2.45) is 11.8 Å². The number of aryl methyl sites for hydroxylation is 1. The number of allylic oxidation sites excluding steroid dienone is 3. The first kappa shape index (κ1) is 30.6. The molecule has 0 spiro atoms. The van der Waals surface area contributed by atoms with E-state index in [0.29, 0.717) is 36.4 Å². The van der Waals surface area contributed by atoms with E-state index in [2.05, 4.69) is 4.90 Å². The standard InChI is InChI=1S/C28H30F5N5O2S/c1-27(2)25(40)37(21-10-8-18(16-34)23(24(21)30)28(31,32)33)26(41)38(27)19-9-7-17(20(29)15-19)5-4-6-22(39)36-13-11-35(3)12-14-36/h7-10,15,18,23H,4-6,11-14H2,1-3H3. The Morgan fingerprint density at radius 2 is 1.83 bits per heavy atom. The summed E-state index contributed by atoms with van der Waals surface area (Å²) in [7, 11) is 1.99. The molecule has 2 heterocycles. The zero-order chi connectivity index (χ0) is 30.3. The maximum atomic E-state index is 15.2. The van der Waals surface area contributed by atoms with E-state index < -0.39 is 46.8 Å². The normalized spacial score (nSPS) is 23.4. The van der Waals surface area contributed by atoms with Crippen LogP contribution in [0.4, 0.5) is 27.6 Å². The van der Waals surface area contributed by atoms with Gasteiger partial charge in [0.05, 0.1) is 17.7 Å². The van der Waals surface area contributed by atoms with E-state index in [1.165, 1.54) is 36.9 Å². The molecule has 2 aliphatic heterocycles. The van der Waals surface area contributed by atoms with Gasteiger partial charge < -0.3 is 14.7 Å². The molecular weight excluding hydrogens is 565 g/mol. The third kappa shape index (κ3) is 5.85. The number of likely N-dealkylation sites (N-methyl/N-ethyl adjacent to an activating group) is 1. The van der Waals surface area contributed by atoms with E-state index in [1.54, 1.807) is 4.90 Å². The van der Waals surface area contributed by atoms with E-state index in [1.807, 2.05) is 7.05 Å². The lowest BCUT2D eigenvalue weighted by molar-refractivity contribution is -0.174. The number of hydrogen-bond acceptors (Lipinski definition) is 5. The van der Waals surface area contributed by atoms with Crippen LogP contribution in [-0.4, -0.2) is 76.6 Å². The largest absolute Gasteiger partial charge is 0.399 e. The molecule has 1 aliphatic carbocycles. The number of nitrogens with zero attached hydrogens (tertiary/aromatic N) is 5. The van der Waals surface area contributed by atoms with Gasteiger partial charge in [-0.05, 0) is 69.7 Å². The van der Waals surface area contributed by atoms with Gasteiger partial charge in [0.1, 0.15) is 23.1 Å². The first-order valence-corrected chi connectivity index (χ1v) is 13.6. The molecule has 4 rings (SSSR count). The number of benzene rings is 1. The summed E-state index contributed by atoms with van der Waals surface area (Å²) in [5.41, 5.74) is -1.67. The molecule has 2 unspecified atom stereocenters. The van der Waals surface area contributed by atoms with E-state index >= 15 is 8.78 Å². The van der Waals surface area contributed by atoms with E-state index in [4.69, 9.17) is 17.5 Å². The van der Waals surface area contributed by atoms with Gasteiger partial charge in [-0.2, -0.15) is 18.4 Å². The zero-order valence-electron chi connectivity index (χ0n) is 22.8. The van der Waals surface area contributed by atoms with Crippen molar-refractivity contribution < 1.29 is 31.5 Å². The van der Waals surface area contributed by atoms with Crippen molar-refractivity contribution in [1.82, 2.24) is 14.7 Å². The average Bonchev–Trinajstić information content (AvgIpc) is 3.07. The smallest absolute Gasteiger partial charge is 0.340 e. The maximum Gasteiger partial charge on any atom is 0.399 e. The molecule has 2 saturated heterocycles. The zero-order valence-corrected chi connectivity index (χ0v) is 23.7. The van der Waals surface area contributed by atoms with Gasteiger partial charge in [0, 0.05) is 38.3 Å². The summed E-state index contributed by atoms with van der Waals surface area (Å²) in [5, 5.41) is 8.79. The van der Waals surface area contributed by atoms with Crippen LogP contribution in [0.1, 0.15) is 32.3 Å². The van der Waals surface area contributed by atoms with Gasteiger partial charge in [-0.15, -0.1) is 0 Å². The van der Waals surface area contributed by atoms with Crippen molar-refractivity contribution in [3.8, 4) is 6.07 Å². The highest BCUT2D eigenvalue weighted by Crippen LogP contribution is 2.45. The van der Waals surface area contributed by atoms with Crippen molar-refractivity contribution in [1.29, 1.82) is 5.26 Å². The second kappa shape index (κ2) is 11.5. The lowest BCUT2D eigenvalue weighted by Gasteiger charge is -2.32. The van der Waals surface area contributed by atoms with Gasteiger partial charge in [0.2, 0.25) is 5.91 Å². The second-order valence-corrected chi connectivity index (χ2v) is 11.3. The summed E-state index contributed by atoms with van der Waals surface area (Å²) in [6, 6.07) is 5.63. The highest BCUT2D eigenvalue weighted by molar-refractivity contribution is 7.80. The monoisotopic (exact) mass is 595 g/mol. The molecule has 7 nitrogen and oxygen atoms in total. The van der Waals surface area contributed by atoms with Gasteiger partial charge in [0.15, 0.2) is 5.11 Å². The summed E-state index contributed by atoms with van der Waals surface area (Å²) in [4.78, 5) is 31.7. The summed E-state index contributed by atoms with van der Waals surface area (Å²) >= 11 is 5.42. The SMILES string of the molecule is CN1CCN(C(=O)CCCc2ccc(N3C(=S)N(C4=C(F)C(C(F)(F)F)C(C#N)C=C4)C(=O)C3(C)C)cc2F)CC1. The minimum absolute atomic E-state index is 0.0186. The minimum atomic E-state index is -5.08. The van der Waals surface area contributed by atoms with Gasteiger partial charge in [0.25, 0.3) is 5.91 Å². The molecule has 0 bridgehead atoms. The van der Waals surface area contributed by atoms with E-state index in [-0.39, 0.29) is 23.1 Å². The molecule has 13 heteroatoms. The Balaban J connectivity index is 1.52. The number of anilines is 1. The molecule has 2 amide bonds. The van der Waals surface area contributed by atoms with Gasteiger partial charge in [-0.3, -0.25) is 14.5 Å². The van der Waals surface area contributed by atoms with Gasteiger partial charge in [-0.25, -0.2) is 8.78 Å². The highest BCUT2D eigenvalue weighted by atomic mass is 32.1. The van der Waals surface area contributed by atoms with Crippen LogP contribution in [0.3, 0.4) is 0 Å². The lowest BCUT2D eigenvalue weighted by atomic mass is 9.86.